The Bertz CT molecular complexity index is 719. The summed E-state index contributed by atoms with van der Waals surface area (Å²) >= 11 is 0.924. The first-order valence-electron chi connectivity index (χ1n) is 6.02. The van der Waals surface area contributed by atoms with Crippen LogP contribution in [0, 0.1) is 16.7 Å². The standard InChI is InChI=1S/C12H16N4O3S/c1-3-5-16-9(14)8(10(15)17)20-11(16)7(6-13)12(18)19-4-2/h14,17H,3-5,15H2,1-2H3/b10-8-,11-7-,14-9?. The summed E-state index contributed by atoms with van der Waals surface area (Å²) < 4.78 is 6.69. The number of aliphatic hydroxyl groups is 1. The van der Waals surface area contributed by atoms with Gasteiger partial charge in [0.1, 0.15) is 20.8 Å². The van der Waals surface area contributed by atoms with Crippen LogP contribution in [0.3, 0.4) is 0 Å². The van der Waals surface area contributed by atoms with E-state index < -0.39 is 11.9 Å². The van der Waals surface area contributed by atoms with Gasteiger partial charge in [-0.25, -0.2) is 4.79 Å². The molecule has 0 aliphatic rings. The van der Waals surface area contributed by atoms with Gasteiger partial charge in [-0.3, -0.25) is 5.41 Å². The number of aliphatic hydroxyl groups excluding tert-OH is 1. The van der Waals surface area contributed by atoms with Gasteiger partial charge in [0, 0.05) is 6.54 Å². The van der Waals surface area contributed by atoms with Gasteiger partial charge < -0.3 is 20.1 Å². The van der Waals surface area contributed by atoms with E-state index in [0.717, 1.165) is 11.3 Å². The molecule has 0 spiro atoms. The van der Waals surface area contributed by atoms with E-state index in [-0.39, 0.29) is 26.9 Å². The minimum atomic E-state index is -0.746. The maximum atomic E-state index is 11.8. The van der Waals surface area contributed by atoms with Crippen LogP contribution in [0.25, 0.3) is 11.5 Å². The lowest BCUT2D eigenvalue weighted by molar-refractivity contribution is -0.136. The molecule has 0 unspecified atom stereocenters. The number of nitriles is 1. The smallest absolute Gasteiger partial charge is 0.351 e. The molecule has 0 aliphatic carbocycles. The van der Waals surface area contributed by atoms with E-state index in [0.29, 0.717) is 13.0 Å². The third-order valence-corrected chi connectivity index (χ3v) is 3.64. The molecule has 1 rings (SSSR count). The molecule has 20 heavy (non-hydrogen) atoms. The number of carbonyl (C=O) groups is 1. The van der Waals surface area contributed by atoms with E-state index in [1.807, 2.05) is 6.92 Å². The Hall–Kier alpha value is -2.27. The first kappa shape index (κ1) is 15.8. The molecule has 0 radical (unpaired) electrons. The summed E-state index contributed by atoms with van der Waals surface area (Å²) in [6.07, 6.45) is 0.701. The number of hydrogen-bond donors (Lipinski definition) is 3. The monoisotopic (exact) mass is 296 g/mol. The lowest BCUT2D eigenvalue weighted by Gasteiger charge is -2.02. The van der Waals surface area contributed by atoms with Crippen molar-refractivity contribution in [2.24, 2.45) is 5.73 Å². The Balaban J connectivity index is 3.79. The number of ether oxygens (including phenoxy) is 1. The summed E-state index contributed by atoms with van der Waals surface area (Å²) in [5.41, 5.74) is 5.10. The van der Waals surface area contributed by atoms with E-state index in [9.17, 15) is 9.90 Å². The maximum Gasteiger partial charge on any atom is 0.351 e. The minimum absolute atomic E-state index is 0.0242. The van der Waals surface area contributed by atoms with Crippen molar-refractivity contribution in [3.63, 3.8) is 0 Å². The first-order valence-corrected chi connectivity index (χ1v) is 6.84. The van der Waals surface area contributed by atoms with Crippen molar-refractivity contribution >= 4 is 28.8 Å². The highest BCUT2D eigenvalue weighted by Gasteiger charge is 2.16. The first-order chi connectivity index (χ1) is 9.47. The van der Waals surface area contributed by atoms with E-state index in [4.69, 9.17) is 21.1 Å². The van der Waals surface area contributed by atoms with Gasteiger partial charge in [-0.1, -0.05) is 6.92 Å². The van der Waals surface area contributed by atoms with Crippen LogP contribution in [0.2, 0.25) is 0 Å². The molecule has 0 atom stereocenters. The second kappa shape index (κ2) is 6.77. The van der Waals surface area contributed by atoms with Crippen LogP contribution in [-0.4, -0.2) is 22.2 Å². The Kier molecular flexibility index (Phi) is 5.34. The predicted molar refractivity (Wildman–Crippen MR) is 73.6 cm³/mol. The number of thiazole rings is 1. The summed E-state index contributed by atoms with van der Waals surface area (Å²) in [6, 6.07) is 1.80. The van der Waals surface area contributed by atoms with Crippen molar-refractivity contribution < 1.29 is 14.6 Å². The summed E-state index contributed by atoms with van der Waals surface area (Å²) in [4.78, 5) is 11.8. The molecule has 4 N–H and O–H groups in total. The SMILES string of the molecule is CCCn1c(=N)/c(=C(\N)O)s/c1=C(/C#N)C(=O)OCC. The van der Waals surface area contributed by atoms with Gasteiger partial charge in [-0.2, -0.15) is 5.26 Å². The van der Waals surface area contributed by atoms with Crippen LogP contribution >= 0.6 is 11.3 Å². The molecular weight excluding hydrogens is 280 g/mol. The van der Waals surface area contributed by atoms with Crippen molar-refractivity contribution in [2.75, 3.05) is 6.61 Å². The molecule has 0 aliphatic heterocycles. The number of esters is 1. The fourth-order valence-electron chi connectivity index (χ4n) is 1.60. The Morgan fingerprint density at radius 3 is 2.70 bits per heavy atom. The average Bonchev–Trinajstić information content (AvgIpc) is 2.70. The summed E-state index contributed by atoms with van der Waals surface area (Å²) in [7, 11) is 0. The fraction of sp³-hybridized carbons (Fsp3) is 0.417. The number of nitrogens with zero attached hydrogens (tertiary/aromatic N) is 2. The molecule has 0 saturated carbocycles. The van der Waals surface area contributed by atoms with Crippen molar-refractivity contribution in [2.45, 2.75) is 26.8 Å². The number of hydrogen-bond acceptors (Lipinski definition) is 7. The number of aromatic nitrogens is 1. The van der Waals surface area contributed by atoms with Crippen molar-refractivity contribution in [3.8, 4) is 6.07 Å². The highest BCUT2D eigenvalue weighted by Crippen LogP contribution is 1.97. The number of nitrogens with one attached hydrogen (secondary N) is 1. The van der Waals surface area contributed by atoms with Gasteiger partial charge in [0.15, 0.2) is 5.57 Å². The molecule has 1 aromatic rings. The van der Waals surface area contributed by atoms with Crippen LogP contribution < -0.4 is 20.4 Å². The molecule has 1 heterocycles. The second-order valence-corrected chi connectivity index (χ2v) is 4.83. The molecule has 7 nitrogen and oxygen atoms in total. The quantitative estimate of drug-likeness (QED) is 0.631. The zero-order valence-electron chi connectivity index (χ0n) is 11.3. The normalized spacial score (nSPS) is 13.4. The third kappa shape index (κ3) is 3.00. The van der Waals surface area contributed by atoms with E-state index in [1.54, 1.807) is 13.0 Å². The Labute approximate surface area is 119 Å². The zero-order chi connectivity index (χ0) is 15.3. The van der Waals surface area contributed by atoms with Gasteiger partial charge in [0.2, 0.25) is 5.88 Å². The molecule has 108 valence electrons. The van der Waals surface area contributed by atoms with Gasteiger partial charge in [0.05, 0.1) is 6.61 Å². The molecule has 0 fully saturated rings. The number of nitrogens with two attached hydrogens (primary N) is 1. The summed E-state index contributed by atoms with van der Waals surface area (Å²) in [6.45, 7) is 4.12. The topological polar surface area (TPSA) is 125 Å². The zero-order valence-corrected chi connectivity index (χ0v) is 12.1. The molecular formula is C12H16N4O3S. The van der Waals surface area contributed by atoms with E-state index in [2.05, 4.69) is 0 Å². The molecule has 0 saturated heterocycles. The van der Waals surface area contributed by atoms with Crippen LogP contribution in [0.1, 0.15) is 20.3 Å². The maximum absolute atomic E-state index is 11.8. The minimum Gasteiger partial charge on any atom is -0.494 e. The molecule has 1 aromatic heterocycles. The van der Waals surface area contributed by atoms with Gasteiger partial charge >= 0.3 is 5.97 Å². The highest BCUT2D eigenvalue weighted by molar-refractivity contribution is 7.07. The molecule has 0 aromatic carbocycles. The van der Waals surface area contributed by atoms with Crippen LogP contribution in [-0.2, 0) is 16.1 Å². The average molecular weight is 296 g/mol. The van der Waals surface area contributed by atoms with Crippen LogP contribution in [0.15, 0.2) is 0 Å². The second-order valence-electron chi connectivity index (χ2n) is 3.83. The highest BCUT2D eigenvalue weighted by atomic mass is 32.1. The number of rotatable bonds is 4. The van der Waals surface area contributed by atoms with Gasteiger partial charge in [0.25, 0.3) is 0 Å². The van der Waals surface area contributed by atoms with Crippen molar-refractivity contribution in [3.05, 3.63) is 14.7 Å². The molecule has 0 amide bonds. The molecule has 8 heteroatoms. The largest absolute Gasteiger partial charge is 0.494 e. The lowest BCUT2D eigenvalue weighted by Crippen LogP contribution is -2.34. The summed E-state index contributed by atoms with van der Waals surface area (Å²) in [5.74, 6) is -1.25. The number of carbonyl (C=O) groups excluding carboxylic acids is 1. The van der Waals surface area contributed by atoms with Crippen molar-refractivity contribution in [1.29, 1.82) is 10.7 Å². The summed E-state index contributed by atoms with van der Waals surface area (Å²) in [5, 5.41) is 26.5. The predicted octanol–water partition coefficient (Wildman–Crippen LogP) is -0.741. The van der Waals surface area contributed by atoms with Crippen LogP contribution in [0.5, 0.6) is 0 Å². The Morgan fingerprint density at radius 2 is 2.25 bits per heavy atom. The Morgan fingerprint density at radius 1 is 1.60 bits per heavy atom. The third-order valence-electron chi connectivity index (χ3n) is 2.41. The van der Waals surface area contributed by atoms with Gasteiger partial charge in [-0.05, 0) is 13.3 Å². The van der Waals surface area contributed by atoms with E-state index in [1.165, 1.54) is 4.57 Å². The lowest BCUT2D eigenvalue weighted by atomic mass is 10.3. The van der Waals surface area contributed by atoms with Crippen LogP contribution in [0.4, 0.5) is 0 Å². The fourth-order valence-corrected chi connectivity index (χ4v) is 2.63. The van der Waals surface area contributed by atoms with Crippen molar-refractivity contribution in [1.82, 2.24) is 4.57 Å². The van der Waals surface area contributed by atoms with Gasteiger partial charge in [-0.15, -0.1) is 11.3 Å². The van der Waals surface area contributed by atoms with E-state index >= 15 is 0 Å². The molecule has 0 bridgehead atoms.